The summed E-state index contributed by atoms with van der Waals surface area (Å²) in [7, 11) is 3.12. The van der Waals surface area contributed by atoms with E-state index < -0.39 is 17.7 Å². The Morgan fingerprint density at radius 3 is 2.25 bits per heavy atom. The van der Waals surface area contributed by atoms with E-state index in [1.54, 1.807) is 62.7 Å². The van der Waals surface area contributed by atoms with E-state index in [2.05, 4.69) is 0 Å². The van der Waals surface area contributed by atoms with Gasteiger partial charge in [-0.1, -0.05) is 42.5 Å². The van der Waals surface area contributed by atoms with E-state index in [0.29, 0.717) is 11.3 Å². The van der Waals surface area contributed by atoms with Crippen molar-refractivity contribution in [2.75, 3.05) is 14.2 Å². The number of Topliss-reactive ketones (excluding diaryl/α,β-unsaturated/α-hetero) is 1. The molecule has 5 heteroatoms. The van der Waals surface area contributed by atoms with Gasteiger partial charge in [0.2, 0.25) is 0 Å². The van der Waals surface area contributed by atoms with Gasteiger partial charge in [-0.2, -0.15) is 0 Å². The molecule has 0 spiro atoms. The Bertz CT molecular complexity index is 809. The van der Waals surface area contributed by atoms with Crippen LogP contribution < -0.4 is 4.74 Å². The SMILES string of the molecule is COc1ccc([C@@H]2C(=C(O)c3ccccc3)C(=O)C(=O)N2C)cc1. The number of nitrogens with zero attached hydrogens (tertiary/aromatic N) is 1. The molecule has 1 aliphatic rings. The summed E-state index contributed by atoms with van der Waals surface area (Å²) < 4.78 is 5.14. The van der Waals surface area contributed by atoms with Crippen molar-refractivity contribution >= 4 is 17.4 Å². The summed E-state index contributed by atoms with van der Waals surface area (Å²) in [6.45, 7) is 0. The first kappa shape index (κ1) is 15.8. The van der Waals surface area contributed by atoms with Crippen LogP contribution in [0.15, 0.2) is 60.2 Å². The van der Waals surface area contributed by atoms with Gasteiger partial charge in [0.05, 0.1) is 18.7 Å². The van der Waals surface area contributed by atoms with Crippen molar-refractivity contribution in [2.24, 2.45) is 0 Å². The van der Waals surface area contributed by atoms with E-state index in [0.717, 1.165) is 5.56 Å². The highest BCUT2D eigenvalue weighted by molar-refractivity contribution is 6.46. The first-order valence-electron chi connectivity index (χ1n) is 7.48. The van der Waals surface area contributed by atoms with Crippen molar-refractivity contribution in [3.8, 4) is 5.75 Å². The fraction of sp³-hybridized carbons (Fsp3) is 0.158. The number of benzene rings is 2. The van der Waals surface area contributed by atoms with Crippen LogP contribution in [0.25, 0.3) is 5.76 Å². The van der Waals surface area contributed by atoms with Crippen LogP contribution in [0.1, 0.15) is 17.2 Å². The molecule has 1 atom stereocenters. The van der Waals surface area contributed by atoms with Gasteiger partial charge in [0.15, 0.2) is 0 Å². The molecule has 3 rings (SSSR count). The molecular formula is C19H17NO4. The predicted molar refractivity (Wildman–Crippen MR) is 89.5 cm³/mol. The normalized spacial score (nSPS) is 19.6. The molecule has 1 amide bonds. The van der Waals surface area contributed by atoms with Gasteiger partial charge in [0.1, 0.15) is 11.5 Å². The number of methoxy groups -OCH3 is 1. The molecular weight excluding hydrogens is 306 g/mol. The summed E-state index contributed by atoms with van der Waals surface area (Å²) in [5.41, 5.74) is 1.33. The molecule has 0 unspecified atom stereocenters. The quantitative estimate of drug-likeness (QED) is 0.536. The maximum absolute atomic E-state index is 12.4. The van der Waals surface area contributed by atoms with Crippen molar-refractivity contribution in [2.45, 2.75) is 6.04 Å². The van der Waals surface area contributed by atoms with Crippen molar-refractivity contribution < 1.29 is 19.4 Å². The molecule has 24 heavy (non-hydrogen) atoms. The Labute approximate surface area is 139 Å². The third kappa shape index (κ3) is 2.54. The summed E-state index contributed by atoms with van der Waals surface area (Å²) in [6, 6.07) is 15.2. The highest BCUT2D eigenvalue weighted by Gasteiger charge is 2.44. The lowest BCUT2D eigenvalue weighted by Crippen LogP contribution is -2.24. The number of hydrogen-bond acceptors (Lipinski definition) is 4. The molecule has 0 saturated carbocycles. The van der Waals surface area contributed by atoms with Gasteiger partial charge in [-0.3, -0.25) is 9.59 Å². The first-order chi connectivity index (χ1) is 11.5. The number of aliphatic hydroxyl groups is 1. The summed E-state index contributed by atoms with van der Waals surface area (Å²) >= 11 is 0. The smallest absolute Gasteiger partial charge is 0.295 e. The first-order valence-corrected chi connectivity index (χ1v) is 7.48. The number of ketones is 1. The van der Waals surface area contributed by atoms with Crippen molar-refractivity contribution in [3.63, 3.8) is 0 Å². The van der Waals surface area contributed by atoms with Gasteiger partial charge in [-0.05, 0) is 17.7 Å². The zero-order valence-corrected chi connectivity index (χ0v) is 13.4. The Morgan fingerprint density at radius 2 is 1.67 bits per heavy atom. The lowest BCUT2D eigenvalue weighted by atomic mass is 9.95. The maximum atomic E-state index is 12.4. The lowest BCUT2D eigenvalue weighted by Gasteiger charge is -2.21. The highest BCUT2D eigenvalue weighted by Crippen LogP contribution is 2.38. The van der Waals surface area contributed by atoms with E-state index in [1.807, 2.05) is 6.07 Å². The highest BCUT2D eigenvalue weighted by atomic mass is 16.5. The largest absolute Gasteiger partial charge is 0.507 e. The van der Waals surface area contributed by atoms with Crippen molar-refractivity contribution in [3.05, 3.63) is 71.3 Å². The lowest BCUT2D eigenvalue weighted by molar-refractivity contribution is -0.139. The number of hydrogen-bond donors (Lipinski definition) is 1. The van der Waals surface area contributed by atoms with Crippen LogP contribution in [0.2, 0.25) is 0 Å². The third-order valence-electron chi connectivity index (χ3n) is 4.15. The number of likely N-dealkylation sites (tertiary alicyclic amines) is 1. The fourth-order valence-corrected chi connectivity index (χ4v) is 2.88. The number of rotatable bonds is 3. The molecule has 5 nitrogen and oxygen atoms in total. The van der Waals surface area contributed by atoms with E-state index >= 15 is 0 Å². The van der Waals surface area contributed by atoms with Crippen LogP contribution in [-0.4, -0.2) is 35.9 Å². The minimum Gasteiger partial charge on any atom is -0.507 e. The molecule has 2 aromatic rings. The molecule has 1 saturated heterocycles. The Morgan fingerprint density at radius 1 is 1.04 bits per heavy atom. The summed E-state index contributed by atoms with van der Waals surface area (Å²) in [5.74, 6) is -0.804. The second kappa shape index (κ2) is 6.20. The van der Waals surface area contributed by atoms with Gasteiger partial charge in [-0.15, -0.1) is 0 Å². The van der Waals surface area contributed by atoms with Crippen molar-refractivity contribution in [1.29, 1.82) is 0 Å². The fourth-order valence-electron chi connectivity index (χ4n) is 2.88. The third-order valence-corrected chi connectivity index (χ3v) is 4.15. The maximum Gasteiger partial charge on any atom is 0.295 e. The minimum atomic E-state index is -0.681. The van der Waals surface area contributed by atoms with Gasteiger partial charge < -0.3 is 14.7 Å². The molecule has 0 aromatic heterocycles. The van der Waals surface area contributed by atoms with Gasteiger partial charge in [0.25, 0.3) is 11.7 Å². The Kier molecular flexibility index (Phi) is 4.08. The van der Waals surface area contributed by atoms with Crippen LogP contribution in [0, 0.1) is 0 Å². The zero-order chi connectivity index (χ0) is 17.3. The Hall–Kier alpha value is -3.08. The second-order valence-corrected chi connectivity index (χ2v) is 5.55. The van der Waals surface area contributed by atoms with Crippen LogP contribution in [-0.2, 0) is 9.59 Å². The molecule has 0 aliphatic carbocycles. The Balaban J connectivity index is 2.13. The number of carbonyl (C=O) groups excluding carboxylic acids is 2. The zero-order valence-electron chi connectivity index (χ0n) is 13.4. The molecule has 0 radical (unpaired) electrons. The minimum absolute atomic E-state index is 0.0962. The number of likely N-dealkylation sites (N-methyl/N-ethyl adjacent to an activating group) is 1. The van der Waals surface area contributed by atoms with Crippen molar-refractivity contribution in [1.82, 2.24) is 4.90 Å². The molecule has 2 aromatic carbocycles. The standard InChI is InChI=1S/C19H17NO4/c1-20-16(12-8-10-14(24-2)11-9-12)15(18(22)19(20)23)17(21)13-6-4-3-5-7-13/h3-11,16,21H,1-2H3/t16-/m1/s1. The summed E-state index contributed by atoms with van der Waals surface area (Å²) in [4.78, 5) is 25.9. The number of aliphatic hydroxyl groups excluding tert-OH is 1. The molecule has 1 heterocycles. The van der Waals surface area contributed by atoms with E-state index in [9.17, 15) is 14.7 Å². The number of amides is 1. The van der Waals surface area contributed by atoms with E-state index in [4.69, 9.17) is 4.74 Å². The molecule has 1 aliphatic heterocycles. The monoisotopic (exact) mass is 323 g/mol. The average molecular weight is 323 g/mol. The molecule has 1 N–H and O–H groups in total. The van der Waals surface area contributed by atoms with E-state index in [1.165, 1.54) is 4.90 Å². The molecule has 122 valence electrons. The molecule has 0 bridgehead atoms. The predicted octanol–water partition coefficient (Wildman–Crippen LogP) is 2.75. The average Bonchev–Trinajstić information content (AvgIpc) is 2.86. The van der Waals surface area contributed by atoms with Gasteiger partial charge in [0, 0.05) is 12.6 Å². The van der Waals surface area contributed by atoms with Crippen LogP contribution >= 0.6 is 0 Å². The van der Waals surface area contributed by atoms with Crippen LogP contribution in [0.3, 0.4) is 0 Å². The van der Waals surface area contributed by atoms with E-state index in [-0.39, 0.29) is 11.3 Å². The van der Waals surface area contributed by atoms with Gasteiger partial charge in [-0.25, -0.2) is 0 Å². The topological polar surface area (TPSA) is 66.8 Å². The number of ether oxygens (including phenoxy) is 1. The second-order valence-electron chi connectivity index (χ2n) is 5.55. The number of carbonyl (C=O) groups is 2. The molecule has 1 fully saturated rings. The van der Waals surface area contributed by atoms with Crippen LogP contribution in [0.4, 0.5) is 0 Å². The summed E-state index contributed by atoms with van der Waals surface area (Å²) in [5, 5.41) is 10.6. The van der Waals surface area contributed by atoms with Crippen LogP contribution in [0.5, 0.6) is 5.75 Å². The van der Waals surface area contributed by atoms with Gasteiger partial charge >= 0.3 is 0 Å². The summed E-state index contributed by atoms with van der Waals surface area (Å²) in [6.07, 6.45) is 0.